The molecule has 1 fully saturated rings. The van der Waals surface area contributed by atoms with Crippen LogP contribution in [0.2, 0.25) is 0 Å². The Hall–Kier alpha value is -1.87. The van der Waals surface area contributed by atoms with Gasteiger partial charge in [0.2, 0.25) is 0 Å². The number of ether oxygens (including phenoxy) is 1. The lowest BCUT2D eigenvalue weighted by Crippen LogP contribution is -2.51. The Balaban J connectivity index is 0.00000261. The minimum absolute atomic E-state index is 0. The number of benzene rings is 2. The monoisotopic (exact) mass is 484 g/mol. The Labute approximate surface area is 177 Å². The zero-order chi connectivity index (χ0) is 18.4. The Morgan fingerprint density at radius 3 is 2.19 bits per heavy atom. The van der Waals surface area contributed by atoms with Crippen LogP contribution in [0.25, 0.3) is 0 Å². The molecule has 0 atom stereocenters. The van der Waals surface area contributed by atoms with E-state index in [0.29, 0.717) is 19.1 Å². The first kappa shape index (κ1) is 21.4. The van der Waals surface area contributed by atoms with E-state index in [1.807, 2.05) is 24.3 Å². The summed E-state index contributed by atoms with van der Waals surface area (Å²) >= 11 is 0. The van der Waals surface area contributed by atoms with Crippen LogP contribution in [0, 0.1) is 5.82 Å². The van der Waals surface area contributed by atoms with E-state index in [2.05, 4.69) is 26.9 Å². The zero-order valence-corrected chi connectivity index (χ0v) is 17.8. The second kappa shape index (κ2) is 10.5. The fraction of sp³-hybridized carbons (Fsp3) is 0.350. The van der Waals surface area contributed by atoms with Crippen molar-refractivity contribution in [2.45, 2.75) is 13.2 Å². The fourth-order valence-electron chi connectivity index (χ4n) is 3.03. The lowest BCUT2D eigenvalue weighted by Gasteiger charge is -2.36. The molecule has 1 saturated heterocycles. The molecular formula is C20H26FIN4O. The molecule has 3 rings (SSSR count). The third-order valence-corrected chi connectivity index (χ3v) is 4.55. The van der Waals surface area contributed by atoms with E-state index in [0.717, 1.165) is 43.0 Å². The molecular weight excluding hydrogens is 458 g/mol. The second-order valence-electron chi connectivity index (χ2n) is 6.37. The molecule has 2 aromatic rings. The maximum Gasteiger partial charge on any atom is 0.191 e. The summed E-state index contributed by atoms with van der Waals surface area (Å²) in [7, 11) is 1.69. The molecule has 2 N–H and O–H groups in total. The molecule has 2 aromatic carbocycles. The van der Waals surface area contributed by atoms with E-state index in [1.165, 1.54) is 12.1 Å². The molecule has 146 valence electrons. The van der Waals surface area contributed by atoms with Crippen molar-refractivity contribution in [2.75, 3.05) is 38.2 Å². The van der Waals surface area contributed by atoms with Crippen LogP contribution in [-0.2, 0) is 17.9 Å². The molecule has 5 nitrogen and oxygen atoms in total. The molecule has 1 aliphatic rings. The van der Waals surface area contributed by atoms with Crippen molar-refractivity contribution in [1.82, 2.24) is 4.90 Å². The number of piperazine rings is 1. The third-order valence-electron chi connectivity index (χ3n) is 4.55. The van der Waals surface area contributed by atoms with Gasteiger partial charge in [0.1, 0.15) is 5.82 Å². The number of anilines is 1. The zero-order valence-electron chi connectivity index (χ0n) is 15.5. The largest absolute Gasteiger partial charge is 0.380 e. The lowest BCUT2D eigenvalue weighted by atomic mass is 10.1. The Morgan fingerprint density at radius 1 is 1.00 bits per heavy atom. The molecule has 0 saturated carbocycles. The summed E-state index contributed by atoms with van der Waals surface area (Å²) < 4.78 is 18.2. The maximum absolute atomic E-state index is 13.0. The predicted octanol–water partition coefficient (Wildman–Crippen LogP) is 3.23. The minimum atomic E-state index is -0.209. The molecule has 0 bridgehead atoms. The Morgan fingerprint density at radius 2 is 1.59 bits per heavy atom. The van der Waals surface area contributed by atoms with Gasteiger partial charge in [-0.25, -0.2) is 9.38 Å². The quantitative estimate of drug-likeness (QED) is 0.403. The number of hydrogen-bond acceptors (Lipinski definition) is 3. The van der Waals surface area contributed by atoms with Gasteiger partial charge in [-0.15, -0.1) is 24.0 Å². The van der Waals surface area contributed by atoms with E-state index in [1.54, 1.807) is 7.11 Å². The van der Waals surface area contributed by atoms with Crippen LogP contribution in [0.15, 0.2) is 53.5 Å². The van der Waals surface area contributed by atoms with Gasteiger partial charge < -0.3 is 20.3 Å². The highest BCUT2D eigenvalue weighted by Gasteiger charge is 2.18. The van der Waals surface area contributed by atoms with Crippen molar-refractivity contribution in [3.8, 4) is 0 Å². The van der Waals surface area contributed by atoms with Gasteiger partial charge in [-0.2, -0.15) is 0 Å². The number of halogens is 2. The van der Waals surface area contributed by atoms with Crippen molar-refractivity contribution in [2.24, 2.45) is 10.7 Å². The van der Waals surface area contributed by atoms with Crippen molar-refractivity contribution >= 4 is 35.6 Å². The smallest absolute Gasteiger partial charge is 0.191 e. The average molecular weight is 484 g/mol. The number of aliphatic imine (C=N–C) groups is 1. The summed E-state index contributed by atoms with van der Waals surface area (Å²) in [6.45, 7) is 4.47. The van der Waals surface area contributed by atoms with Crippen molar-refractivity contribution in [3.05, 3.63) is 65.5 Å². The molecule has 0 aromatic heterocycles. The fourth-order valence-corrected chi connectivity index (χ4v) is 3.03. The molecule has 7 heteroatoms. The highest BCUT2D eigenvalue weighted by molar-refractivity contribution is 14.0. The van der Waals surface area contributed by atoms with Crippen LogP contribution in [-0.4, -0.2) is 44.1 Å². The molecule has 27 heavy (non-hydrogen) atoms. The van der Waals surface area contributed by atoms with E-state index >= 15 is 0 Å². The van der Waals surface area contributed by atoms with Crippen LogP contribution in [0.5, 0.6) is 0 Å². The van der Waals surface area contributed by atoms with Crippen molar-refractivity contribution in [1.29, 1.82) is 0 Å². The predicted molar refractivity (Wildman–Crippen MR) is 118 cm³/mol. The van der Waals surface area contributed by atoms with E-state index in [9.17, 15) is 4.39 Å². The highest BCUT2D eigenvalue weighted by Crippen LogP contribution is 2.17. The first-order chi connectivity index (χ1) is 12.7. The first-order valence-electron chi connectivity index (χ1n) is 8.78. The number of methoxy groups -OCH3 is 1. The standard InChI is InChI=1S/C20H25FN4O.HI/c1-26-15-17-4-2-16(3-5-17)14-23-20(22)25-12-10-24(11-13-25)19-8-6-18(21)7-9-19;/h2-9H,10-15H2,1H3,(H2,22,23);1H. The Bertz CT molecular complexity index is 729. The minimum Gasteiger partial charge on any atom is -0.380 e. The second-order valence-corrected chi connectivity index (χ2v) is 6.37. The number of guanidine groups is 1. The van der Waals surface area contributed by atoms with Crippen LogP contribution in [0.4, 0.5) is 10.1 Å². The summed E-state index contributed by atoms with van der Waals surface area (Å²) in [6.07, 6.45) is 0. The summed E-state index contributed by atoms with van der Waals surface area (Å²) in [5.41, 5.74) is 9.47. The summed E-state index contributed by atoms with van der Waals surface area (Å²) in [5.74, 6) is 0.365. The van der Waals surface area contributed by atoms with Crippen LogP contribution >= 0.6 is 24.0 Å². The van der Waals surface area contributed by atoms with Gasteiger partial charge >= 0.3 is 0 Å². The van der Waals surface area contributed by atoms with Crippen LogP contribution in [0.3, 0.4) is 0 Å². The van der Waals surface area contributed by atoms with Crippen molar-refractivity contribution in [3.63, 3.8) is 0 Å². The summed E-state index contributed by atoms with van der Waals surface area (Å²) in [4.78, 5) is 8.85. The van der Waals surface area contributed by atoms with Gasteiger partial charge in [-0.3, -0.25) is 0 Å². The molecule has 1 heterocycles. The topological polar surface area (TPSA) is 54.1 Å². The molecule has 0 unspecified atom stereocenters. The highest BCUT2D eigenvalue weighted by atomic mass is 127. The first-order valence-corrected chi connectivity index (χ1v) is 8.78. The van der Waals surface area contributed by atoms with E-state index in [4.69, 9.17) is 10.5 Å². The molecule has 0 amide bonds. The molecule has 1 aliphatic heterocycles. The van der Waals surface area contributed by atoms with Crippen LogP contribution < -0.4 is 10.6 Å². The normalized spacial score (nSPS) is 14.8. The van der Waals surface area contributed by atoms with E-state index < -0.39 is 0 Å². The van der Waals surface area contributed by atoms with Gasteiger partial charge in [0, 0.05) is 39.0 Å². The SMILES string of the molecule is COCc1ccc(CN=C(N)N2CCN(c3ccc(F)cc3)CC2)cc1.I. The number of nitrogens with two attached hydrogens (primary N) is 1. The van der Waals surface area contributed by atoms with Crippen LogP contribution in [0.1, 0.15) is 11.1 Å². The molecule has 0 aliphatic carbocycles. The van der Waals surface area contributed by atoms with Gasteiger partial charge in [0.15, 0.2) is 5.96 Å². The third kappa shape index (κ3) is 6.07. The molecule has 0 spiro atoms. The number of hydrogen-bond donors (Lipinski definition) is 1. The number of rotatable bonds is 5. The van der Waals surface area contributed by atoms with Gasteiger partial charge in [-0.1, -0.05) is 24.3 Å². The lowest BCUT2D eigenvalue weighted by molar-refractivity contribution is 0.185. The summed E-state index contributed by atoms with van der Waals surface area (Å²) in [5, 5.41) is 0. The number of nitrogens with zero attached hydrogens (tertiary/aromatic N) is 3. The average Bonchev–Trinajstić information content (AvgIpc) is 2.68. The Kier molecular flexibility index (Phi) is 8.30. The maximum atomic E-state index is 13.0. The van der Waals surface area contributed by atoms with Crippen molar-refractivity contribution < 1.29 is 9.13 Å². The molecule has 0 radical (unpaired) electrons. The van der Waals surface area contributed by atoms with Gasteiger partial charge in [0.25, 0.3) is 0 Å². The summed E-state index contributed by atoms with van der Waals surface area (Å²) in [6, 6.07) is 14.8. The van der Waals surface area contributed by atoms with E-state index in [-0.39, 0.29) is 29.8 Å². The van der Waals surface area contributed by atoms with Gasteiger partial charge in [-0.05, 0) is 35.4 Å². The van der Waals surface area contributed by atoms with Gasteiger partial charge in [0.05, 0.1) is 13.2 Å².